The summed E-state index contributed by atoms with van der Waals surface area (Å²) in [6, 6.07) is 3.79. The first-order valence-corrected chi connectivity index (χ1v) is 9.50. The van der Waals surface area contributed by atoms with Crippen molar-refractivity contribution in [3.8, 4) is 0 Å². The highest BCUT2D eigenvalue weighted by molar-refractivity contribution is 7.80. The van der Waals surface area contributed by atoms with Gasteiger partial charge in [-0.2, -0.15) is 0 Å². The van der Waals surface area contributed by atoms with Gasteiger partial charge in [0.1, 0.15) is 6.17 Å². The summed E-state index contributed by atoms with van der Waals surface area (Å²) in [6.07, 6.45) is 2.11. The van der Waals surface area contributed by atoms with E-state index in [9.17, 15) is 4.79 Å². The minimum absolute atomic E-state index is 0.392. The molecule has 2 heterocycles. The molecule has 0 aliphatic carbocycles. The van der Waals surface area contributed by atoms with Crippen LogP contribution in [0.2, 0.25) is 0 Å². The van der Waals surface area contributed by atoms with Gasteiger partial charge in [-0.15, -0.1) is 11.3 Å². The third-order valence-electron chi connectivity index (χ3n) is 3.12. The second kappa shape index (κ2) is 9.22. The molecule has 5 nitrogen and oxygen atoms in total. The largest absolute Gasteiger partial charge is 0.378 e. The monoisotopic (exact) mass is 427 g/mol. The maximum Gasteiger partial charge on any atom is 0.245 e. The minimum atomic E-state index is -1.76. The van der Waals surface area contributed by atoms with Crippen LogP contribution in [-0.2, 0) is 9.53 Å². The van der Waals surface area contributed by atoms with Crippen LogP contribution in [0.5, 0.6) is 0 Å². The van der Waals surface area contributed by atoms with Crippen molar-refractivity contribution in [3.05, 3.63) is 28.5 Å². The molecule has 1 amide bonds. The number of nitrogens with one attached hydrogen (secondary N) is 2. The number of thiophene rings is 1. The second-order valence-electron chi connectivity index (χ2n) is 4.88. The van der Waals surface area contributed by atoms with Crippen molar-refractivity contribution in [1.82, 2.24) is 15.5 Å². The van der Waals surface area contributed by atoms with Crippen molar-refractivity contribution in [2.75, 3.05) is 26.3 Å². The zero-order chi connectivity index (χ0) is 17.6. The number of nitrogens with zero attached hydrogens (tertiary/aromatic N) is 1. The molecule has 1 aromatic rings. The van der Waals surface area contributed by atoms with Gasteiger partial charge < -0.3 is 20.3 Å². The van der Waals surface area contributed by atoms with Crippen LogP contribution in [0, 0.1) is 0 Å². The minimum Gasteiger partial charge on any atom is -0.378 e. The number of hydrogen-bond acceptors (Lipinski definition) is 4. The summed E-state index contributed by atoms with van der Waals surface area (Å²) in [6.45, 7) is 2.45. The van der Waals surface area contributed by atoms with Crippen molar-refractivity contribution in [2.24, 2.45) is 0 Å². The molecule has 1 atom stereocenters. The number of ether oxygens (including phenoxy) is 1. The number of amides is 1. The summed E-state index contributed by atoms with van der Waals surface area (Å²) in [5.74, 6) is -0.392. The Morgan fingerprint density at radius 2 is 2.08 bits per heavy atom. The van der Waals surface area contributed by atoms with Crippen LogP contribution in [0.4, 0.5) is 0 Å². The standard InChI is InChI=1S/C14H16Cl3N3O2S2/c15-14(16,17)12(19-13(23)20-5-7-22-8-6-20)18-11(21)4-3-10-2-1-9-24-10/h1-4,9,12H,5-8H2,(H,18,21)(H,19,23). The molecule has 2 N–H and O–H groups in total. The van der Waals surface area contributed by atoms with Gasteiger partial charge in [0.25, 0.3) is 0 Å². The van der Waals surface area contributed by atoms with E-state index in [1.54, 1.807) is 6.08 Å². The van der Waals surface area contributed by atoms with Crippen molar-refractivity contribution in [2.45, 2.75) is 9.96 Å². The molecule has 10 heteroatoms. The van der Waals surface area contributed by atoms with Crippen LogP contribution in [-0.4, -0.2) is 52.2 Å². The van der Waals surface area contributed by atoms with E-state index in [1.807, 2.05) is 22.4 Å². The van der Waals surface area contributed by atoms with Crippen LogP contribution >= 0.6 is 58.4 Å². The number of thiocarbonyl (C=S) groups is 1. The van der Waals surface area contributed by atoms with Crippen LogP contribution < -0.4 is 10.6 Å². The fourth-order valence-electron chi connectivity index (χ4n) is 1.92. The highest BCUT2D eigenvalue weighted by Gasteiger charge is 2.35. The maximum atomic E-state index is 12.1. The first kappa shape index (κ1) is 19.8. The lowest BCUT2D eigenvalue weighted by Crippen LogP contribution is -2.58. The van der Waals surface area contributed by atoms with Crippen molar-refractivity contribution in [3.63, 3.8) is 0 Å². The molecule has 0 bridgehead atoms. The van der Waals surface area contributed by atoms with E-state index in [2.05, 4.69) is 10.6 Å². The third kappa shape index (κ3) is 6.38. The Hall–Kier alpha value is -0.570. The van der Waals surface area contributed by atoms with Crippen LogP contribution in [0.15, 0.2) is 23.6 Å². The molecule has 0 radical (unpaired) electrons. The molecule has 1 aliphatic heterocycles. The number of hydrogen-bond donors (Lipinski definition) is 2. The number of rotatable bonds is 4. The van der Waals surface area contributed by atoms with Gasteiger partial charge in [0.2, 0.25) is 9.70 Å². The smallest absolute Gasteiger partial charge is 0.245 e. The molecular formula is C14H16Cl3N3O2S2. The van der Waals surface area contributed by atoms with Crippen LogP contribution in [0.25, 0.3) is 6.08 Å². The van der Waals surface area contributed by atoms with Gasteiger partial charge in [0.05, 0.1) is 13.2 Å². The fourth-order valence-corrected chi connectivity index (χ4v) is 3.16. The first-order chi connectivity index (χ1) is 11.4. The van der Waals surface area contributed by atoms with E-state index in [1.165, 1.54) is 17.4 Å². The zero-order valence-electron chi connectivity index (χ0n) is 12.5. The number of halogens is 3. The van der Waals surface area contributed by atoms with Crippen molar-refractivity contribution >= 4 is 75.5 Å². The molecule has 1 unspecified atom stereocenters. The molecule has 0 spiro atoms. The molecule has 0 aromatic carbocycles. The lowest BCUT2D eigenvalue weighted by atomic mass is 10.4. The van der Waals surface area contributed by atoms with E-state index in [4.69, 9.17) is 51.8 Å². The number of morpholine rings is 1. The summed E-state index contributed by atoms with van der Waals surface area (Å²) >= 11 is 24.7. The molecule has 1 saturated heterocycles. The molecule has 24 heavy (non-hydrogen) atoms. The molecule has 0 saturated carbocycles. The lowest BCUT2D eigenvalue weighted by molar-refractivity contribution is -0.117. The second-order valence-corrected chi connectivity index (χ2v) is 8.62. The number of carbonyl (C=O) groups is 1. The van der Waals surface area contributed by atoms with E-state index < -0.39 is 15.9 Å². The molecule has 1 aromatic heterocycles. The van der Waals surface area contributed by atoms with Crippen molar-refractivity contribution < 1.29 is 9.53 Å². The maximum absolute atomic E-state index is 12.1. The topological polar surface area (TPSA) is 53.6 Å². The molecule has 1 fully saturated rings. The molecule has 1 aliphatic rings. The SMILES string of the molecule is O=C(C=Cc1cccs1)NC(NC(=S)N1CCOCC1)C(Cl)(Cl)Cl. The van der Waals surface area contributed by atoms with E-state index >= 15 is 0 Å². The van der Waals surface area contributed by atoms with Gasteiger partial charge in [-0.3, -0.25) is 4.79 Å². The van der Waals surface area contributed by atoms with Crippen molar-refractivity contribution in [1.29, 1.82) is 0 Å². The Morgan fingerprint density at radius 1 is 1.38 bits per heavy atom. The summed E-state index contributed by atoms with van der Waals surface area (Å²) in [5, 5.41) is 7.83. The van der Waals surface area contributed by atoms with Gasteiger partial charge in [0, 0.05) is 24.0 Å². The first-order valence-electron chi connectivity index (χ1n) is 7.08. The van der Waals surface area contributed by atoms with Gasteiger partial charge in [0.15, 0.2) is 5.11 Å². The summed E-state index contributed by atoms with van der Waals surface area (Å²) in [7, 11) is 0. The lowest BCUT2D eigenvalue weighted by Gasteiger charge is -2.33. The quantitative estimate of drug-likeness (QED) is 0.334. The van der Waals surface area contributed by atoms with Gasteiger partial charge in [-0.05, 0) is 29.7 Å². The van der Waals surface area contributed by atoms with Gasteiger partial charge >= 0.3 is 0 Å². The van der Waals surface area contributed by atoms with Crippen LogP contribution in [0.1, 0.15) is 4.88 Å². The van der Waals surface area contributed by atoms with Gasteiger partial charge in [-0.1, -0.05) is 40.9 Å². The molecule has 2 rings (SSSR count). The average molecular weight is 429 g/mol. The van der Waals surface area contributed by atoms with E-state index in [0.717, 1.165) is 4.88 Å². The molecule has 132 valence electrons. The zero-order valence-corrected chi connectivity index (χ0v) is 16.4. The average Bonchev–Trinajstić information content (AvgIpc) is 3.05. The predicted octanol–water partition coefficient (Wildman–Crippen LogP) is 2.78. The third-order valence-corrected chi connectivity index (χ3v) is 4.99. The van der Waals surface area contributed by atoms with E-state index in [0.29, 0.717) is 31.4 Å². The molecular weight excluding hydrogens is 413 g/mol. The Kier molecular flexibility index (Phi) is 7.59. The number of carbonyl (C=O) groups excluding carboxylic acids is 1. The van der Waals surface area contributed by atoms with E-state index in [-0.39, 0.29) is 0 Å². The predicted molar refractivity (Wildman–Crippen MR) is 104 cm³/mol. The van der Waals surface area contributed by atoms with Crippen LogP contribution in [0.3, 0.4) is 0 Å². The summed E-state index contributed by atoms with van der Waals surface area (Å²) in [5.41, 5.74) is 0. The summed E-state index contributed by atoms with van der Waals surface area (Å²) < 4.78 is 3.51. The highest BCUT2D eigenvalue weighted by Crippen LogP contribution is 2.29. The summed E-state index contributed by atoms with van der Waals surface area (Å²) in [4.78, 5) is 14.9. The highest BCUT2D eigenvalue weighted by atomic mass is 35.6. The Morgan fingerprint density at radius 3 is 2.67 bits per heavy atom. The number of alkyl halides is 3. The Labute approximate surface area is 164 Å². The Bertz CT molecular complexity index is 585. The van der Waals surface area contributed by atoms with Gasteiger partial charge in [-0.25, -0.2) is 0 Å². The normalized spacial score (nSPS) is 16.9. The fraction of sp³-hybridized carbons (Fsp3) is 0.429. The Balaban J connectivity index is 1.95.